The second-order valence-corrected chi connectivity index (χ2v) is 9.45. The third-order valence-corrected chi connectivity index (χ3v) is 7.21. The zero-order chi connectivity index (χ0) is 22.0. The van der Waals surface area contributed by atoms with Gasteiger partial charge in [-0.25, -0.2) is 4.90 Å². The number of hydrogen-bond donors (Lipinski definition) is 0. The molecule has 0 fully saturated rings. The van der Waals surface area contributed by atoms with Gasteiger partial charge in [-0.05, 0) is 72.8 Å². The third kappa shape index (κ3) is 4.77. The van der Waals surface area contributed by atoms with E-state index in [0.29, 0.717) is 31.3 Å². The fourth-order valence-electron chi connectivity index (χ4n) is 2.88. The first-order valence-electron chi connectivity index (χ1n) is 9.10. The summed E-state index contributed by atoms with van der Waals surface area (Å²) in [7, 11) is 1.56. The molecule has 4 nitrogen and oxygen atoms in total. The molecule has 0 radical (unpaired) electrons. The Morgan fingerprint density at radius 2 is 1.10 bits per heavy atom. The molecule has 1 aliphatic rings. The summed E-state index contributed by atoms with van der Waals surface area (Å²) >= 11 is 14.5. The molecule has 0 saturated heterocycles. The summed E-state index contributed by atoms with van der Waals surface area (Å²) in [4.78, 5) is 30.2. The molecule has 0 aromatic heterocycles. The van der Waals surface area contributed by atoms with E-state index in [2.05, 4.69) is 0 Å². The number of benzene rings is 3. The highest BCUT2D eigenvalue weighted by molar-refractivity contribution is 8.08. The maximum Gasteiger partial charge on any atom is 0.273 e. The average molecular weight is 488 g/mol. The SMILES string of the molecule is COc1ccc(N2C(=O)C(Sc3ccc(Cl)cc3)=C(Sc3ccc(Cl)cc3)C2=O)cc1. The summed E-state index contributed by atoms with van der Waals surface area (Å²) in [5.41, 5.74) is 0.483. The van der Waals surface area contributed by atoms with Crippen molar-refractivity contribution in [3.05, 3.63) is 92.7 Å². The molecule has 0 atom stereocenters. The summed E-state index contributed by atoms with van der Waals surface area (Å²) in [5, 5.41) is 1.20. The fraction of sp³-hybridized carbons (Fsp3) is 0.0435. The van der Waals surface area contributed by atoms with E-state index >= 15 is 0 Å². The largest absolute Gasteiger partial charge is 0.497 e. The Morgan fingerprint density at radius 3 is 1.48 bits per heavy atom. The van der Waals surface area contributed by atoms with Crippen molar-refractivity contribution in [1.82, 2.24) is 0 Å². The number of ether oxygens (including phenoxy) is 1. The number of imide groups is 1. The number of halogens is 2. The summed E-state index contributed by atoms with van der Waals surface area (Å²) in [6, 6.07) is 21.1. The van der Waals surface area contributed by atoms with Crippen LogP contribution in [0.3, 0.4) is 0 Å². The van der Waals surface area contributed by atoms with Gasteiger partial charge in [0.15, 0.2) is 0 Å². The van der Waals surface area contributed by atoms with Crippen LogP contribution in [0.1, 0.15) is 0 Å². The molecular formula is C23H15Cl2NO3S2. The van der Waals surface area contributed by atoms with Crippen LogP contribution in [0.5, 0.6) is 5.75 Å². The molecule has 0 unspecified atom stereocenters. The molecule has 3 aromatic carbocycles. The Bertz CT molecular complexity index is 1090. The lowest BCUT2D eigenvalue weighted by atomic mass is 10.3. The minimum Gasteiger partial charge on any atom is -0.497 e. The predicted molar refractivity (Wildman–Crippen MR) is 127 cm³/mol. The molecule has 0 saturated carbocycles. The zero-order valence-corrected chi connectivity index (χ0v) is 19.3. The highest BCUT2D eigenvalue weighted by Crippen LogP contribution is 2.44. The average Bonchev–Trinajstić information content (AvgIpc) is 3.01. The van der Waals surface area contributed by atoms with Crippen LogP contribution in [0.4, 0.5) is 5.69 Å². The van der Waals surface area contributed by atoms with Gasteiger partial charge in [-0.1, -0.05) is 46.7 Å². The lowest BCUT2D eigenvalue weighted by molar-refractivity contribution is -0.120. The van der Waals surface area contributed by atoms with E-state index in [4.69, 9.17) is 27.9 Å². The molecule has 31 heavy (non-hydrogen) atoms. The Balaban J connectivity index is 1.71. The Labute approximate surface area is 198 Å². The van der Waals surface area contributed by atoms with Crippen LogP contribution in [-0.4, -0.2) is 18.9 Å². The molecule has 156 valence electrons. The lowest BCUT2D eigenvalue weighted by Gasteiger charge is -2.15. The number of rotatable bonds is 6. The van der Waals surface area contributed by atoms with Crippen molar-refractivity contribution in [2.75, 3.05) is 12.0 Å². The molecule has 3 aromatic rings. The van der Waals surface area contributed by atoms with Gasteiger partial charge in [0.2, 0.25) is 0 Å². The number of thioether (sulfide) groups is 2. The van der Waals surface area contributed by atoms with E-state index in [0.717, 1.165) is 9.79 Å². The molecule has 0 aliphatic carbocycles. The number of carbonyl (C=O) groups is 2. The van der Waals surface area contributed by atoms with Crippen LogP contribution in [0, 0.1) is 0 Å². The van der Waals surface area contributed by atoms with Gasteiger partial charge in [-0.15, -0.1) is 0 Å². The number of methoxy groups -OCH3 is 1. The minimum atomic E-state index is -0.369. The number of anilines is 1. The summed E-state index contributed by atoms with van der Waals surface area (Å²) in [6.45, 7) is 0. The predicted octanol–water partition coefficient (Wildman–Crippen LogP) is 6.67. The van der Waals surface area contributed by atoms with Crippen molar-refractivity contribution in [3.63, 3.8) is 0 Å². The Hall–Kier alpha value is -2.38. The minimum absolute atomic E-state index is 0.364. The Morgan fingerprint density at radius 1 is 0.677 bits per heavy atom. The molecule has 8 heteroatoms. The first kappa shape index (κ1) is 21.8. The first-order valence-corrected chi connectivity index (χ1v) is 11.5. The van der Waals surface area contributed by atoms with E-state index < -0.39 is 0 Å². The van der Waals surface area contributed by atoms with Crippen molar-refractivity contribution < 1.29 is 14.3 Å². The van der Waals surface area contributed by atoms with E-state index in [-0.39, 0.29) is 11.8 Å². The van der Waals surface area contributed by atoms with Crippen LogP contribution in [0.15, 0.2) is 92.4 Å². The molecule has 1 aliphatic heterocycles. The van der Waals surface area contributed by atoms with Crippen LogP contribution in [0.25, 0.3) is 0 Å². The molecule has 0 N–H and O–H groups in total. The van der Waals surface area contributed by atoms with Gasteiger partial charge in [-0.2, -0.15) is 0 Å². The van der Waals surface area contributed by atoms with E-state index in [1.54, 1.807) is 55.6 Å². The molecule has 1 heterocycles. The van der Waals surface area contributed by atoms with Crippen LogP contribution >= 0.6 is 46.7 Å². The van der Waals surface area contributed by atoms with Crippen molar-refractivity contribution in [2.45, 2.75) is 9.79 Å². The van der Waals surface area contributed by atoms with Gasteiger partial charge in [0.25, 0.3) is 11.8 Å². The lowest BCUT2D eigenvalue weighted by Crippen LogP contribution is -2.31. The highest BCUT2D eigenvalue weighted by Gasteiger charge is 2.40. The number of amides is 2. The van der Waals surface area contributed by atoms with E-state index in [1.807, 2.05) is 24.3 Å². The number of hydrogen-bond acceptors (Lipinski definition) is 5. The van der Waals surface area contributed by atoms with Gasteiger partial charge in [0.05, 0.1) is 22.6 Å². The first-order chi connectivity index (χ1) is 15.0. The number of carbonyl (C=O) groups excluding carboxylic acids is 2. The standard InChI is InChI=1S/C23H15Cl2NO3S2/c1-29-17-8-6-16(7-9-17)26-22(27)20(30-18-10-2-14(24)3-11-18)21(23(26)28)31-19-12-4-15(25)5-13-19/h2-13H,1H3. The monoisotopic (exact) mass is 487 g/mol. The second-order valence-electron chi connectivity index (χ2n) is 6.41. The van der Waals surface area contributed by atoms with Crippen molar-refractivity contribution in [3.8, 4) is 5.75 Å². The molecule has 0 bridgehead atoms. The normalized spacial score (nSPS) is 13.8. The molecule has 2 amide bonds. The van der Waals surface area contributed by atoms with E-state index in [9.17, 15) is 9.59 Å². The summed E-state index contributed by atoms with van der Waals surface area (Å²) < 4.78 is 5.18. The topological polar surface area (TPSA) is 46.6 Å². The fourth-order valence-corrected chi connectivity index (χ4v) is 5.11. The highest BCUT2D eigenvalue weighted by atomic mass is 35.5. The van der Waals surface area contributed by atoms with Gasteiger partial charge in [-0.3, -0.25) is 9.59 Å². The summed E-state index contributed by atoms with van der Waals surface area (Å²) in [6.07, 6.45) is 0. The molecule has 4 rings (SSSR count). The quantitative estimate of drug-likeness (QED) is 0.363. The van der Waals surface area contributed by atoms with Gasteiger partial charge in [0.1, 0.15) is 5.75 Å². The van der Waals surface area contributed by atoms with Crippen LogP contribution in [0.2, 0.25) is 10.0 Å². The van der Waals surface area contributed by atoms with Gasteiger partial charge >= 0.3 is 0 Å². The van der Waals surface area contributed by atoms with Crippen LogP contribution in [-0.2, 0) is 9.59 Å². The smallest absolute Gasteiger partial charge is 0.273 e. The number of nitrogens with zero attached hydrogens (tertiary/aromatic N) is 1. The summed E-state index contributed by atoms with van der Waals surface area (Å²) in [5.74, 6) is -0.0968. The Kier molecular flexibility index (Phi) is 6.62. The van der Waals surface area contributed by atoms with Crippen molar-refractivity contribution in [1.29, 1.82) is 0 Å². The maximum absolute atomic E-state index is 13.3. The van der Waals surface area contributed by atoms with Crippen molar-refractivity contribution in [2.24, 2.45) is 0 Å². The van der Waals surface area contributed by atoms with Gasteiger partial charge in [0, 0.05) is 19.8 Å². The second kappa shape index (κ2) is 9.40. The third-order valence-electron chi connectivity index (χ3n) is 4.40. The molecule has 0 spiro atoms. The molecular weight excluding hydrogens is 473 g/mol. The van der Waals surface area contributed by atoms with E-state index in [1.165, 1.54) is 28.4 Å². The zero-order valence-electron chi connectivity index (χ0n) is 16.2. The van der Waals surface area contributed by atoms with Crippen LogP contribution < -0.4 is 9.64 Å². The van der Waals surface area contributed by atoms with Crippen molar-refractivity contribution >= 4 is 64.2 Å². The van der Waals surface area contributed by atoms with Gasteiger partial charge < -0.3 is 4.74 Å². The maximum atomic E-state index is 13.3.